The van der Waals surface area contributed by atoms with E-state index in [1.165, 1.54) is 0 Å². The number of rotatable bonds is 5. The summed E-state index contributed by atoms with van der Waals surface area (Å²) in [5.41, 5.74) is 1.58. The quantitative estimate of drug-likeness (QED) is 0.894. The van der Waals surface area contributed by atoms with E-state index < -0.39 is 10.0 Å². The second-order valence-electron chi connectivity index (χ2n) is 5.84. The van der Waals surface area contributed by atoms with Gasteiger partial charge in [0.05, 0.1) is 10.6 Å². The molecule has 1 atom stereocenters. The molecule has 0 aliphatic carbocycles. The zero-order chi connectivity index (χ0) is 17.2. The Morgan fingerprint density at radius 2 is 1.71 bits per heavy atom. The van der Waals surface area contributed by atoms with Crippen LogP contribution in [-0.2, 0) is 10.0 Å². The smallest absolute Gasteiger partial charge is 0.261 e. The van der Waals surface area contributed by atoms with E-state index in [2.05, 4.69) is 18.6 Å². The highest BCUT2D eigenvalue weighted by Crippen LogP contribution is 2.33. The van der Waals surface area contributed by atoms with E-state index in [4.69, 9.17) is 9.47 Å². The topological polar surface area (TPSA) is 64.6 Å². The van der Waals surface area contributed by atoms with Gasteiger partial charge in [-0.15, -0.1) is 0 Å². The summed E-state index contributed by atoms with van der Waals surface area (Å²) in [4.78, 5) is 0.240. The number of anilines is 1. The summed E-state index contributed by atoms with van der Waals surface area (Å²) in [5.74, 6) is 1.59. The highest BCUT2D eigenvalue weighted by molar-refractivity contribution is 7.92. The summed E-state index contributed by atoms with van der Waals surface area (Å²) in [7, 11) is -3.64. The van der Waals surface area contributed by atoms with Gasteiger partial charge in [0, 0.05) is 6.07 Å². The summed E-state index contributed by atoms with van der Waals surface area (Å²) in [6.07, 6.45) is 1.02. The predicted molar refractivity (Wildman–Crippen MR) is 93.4 cm³/mol. The lowest BCUT2D eigenvalue weighted by molar-refractivity contribution is 0.171. The van der Waals surface area contributed by atoms with Crippen LogP contribution in [0.25, 0.3) is 0 Å². The molecule has 5 nitrogen and oxygen atoms in total. The molecule has 3 rings (SSSR count). The van der Waals surface area contributed by atoms with E-state index in [-0.39, 0.29) is 4.90 Å². The first-order valence-corrected chi connectivity index (χ1v) is 9.50. The molecule has 0 saturated carbocycles. The predicted octanol–water partition coefficient (Wildman–Crippen LogP) is 3.77. The molecule has 1 heterocycles. The first kappa shape index (κ1) is 16.6. The molecule has 128 valence electrons. The van der Waals surface area contributed by atoms with Crippen LogP contribution in [0.4, 0.5) is 5.69 Å². The van der Waals surface area contributed by atoms with Gasteiger partial charge >= 0.3 is 0 Å². The number of sulfonamides is 1. The number of hydrogen-bond acceptors (Lipinski definition) is 4. The van der Waals surface area contributed by atoms with Crippen molar-refractivity contribution in [2.45, 2.75) is 31.1 Å². The third-order valence-corrected chi connectivity index (χ3v) is 5.56. The van der Waals surface area contributed by atoms with Gasteiger partial charge in [-0.25, -0.2) is 8.42 Å². The Kier molecular flexibility index (Phi) is 4.66. The first-order chi connectivity index (χ1) is 11.5. The molecule has 1 aliphatic rings. The molecular weight excluding hydrogens is 326 g/mol. The van der Waals surface area contributed by atoms with Crippen molar-refractivity contribution in [1.29, 1.82) is 0 Å². The van der Waals surface area contributed by atoms with E-state index in [1.54, 1.807) is 30.3 Å². The molecule has 0 radical (unpaired) electrons. The van der Waals surface area contributed by atoms with E-state index >= 15 is 0 Å². The Balaban J connectivity index is 1.81. The Morgan fingerprint density at radius 1 is 1.04 bits per heavy atom. The minimum Gasteiger partial charge on any atom is -0.486 e. The van der Waals surface area contributed by atoms with Gasteiger partial charge in [0.25, 0.3) is 10.0 Å². The average molecular weight is 347 g/mol. The molecule has 1 aliphatic heterocycles. The van der Waals surface area contributed by atoms with Crippen LogP contribution < -0.4 is 14.2 Å². The second kappa shape index (κ2) is 6.73. The molecule has 0 aromatic heterocycles. The molecular formula is C18H21NO4S. The van der Waals surface area contributed by atoms with Crippen molar-refractivity contribution in [2.75, 3.05) is 17.9 Å². The molecule has 2 aromatic rings. The number of benzene rings is 2. The van der Waals surface area contributed by atoms with E-state index in [0.29, 0.717) is 36.3 Å². The van der Waals surface area contributed by atoms with Gasteiger partial charge in [0.2, 0.25) is 0 Å². The van der Waals surface area contributed by atoms with Crippen LogP contribution in [0, 0.1) is 0 Å². The maximum absolute atomic E-state index is 12.5. The van der Waals surface area contributed by atoms with Crippen LogP contribution in [0.3, 0.4) is 0 Å². The van der Waals surface area contributed by atoms with Crippen LogP contribution in [0.15, 0.2) is 47.4 Å². The van der Waals surface area contributed by atoms with Crippen LogP contribution in [0.5, 0.6) is 11.5 Å². The molecule has 2 aromatic carbocycles. The summed E-state index contributed by atoms with van der Waals surface area (Å²) >= 11 is 0. The summed E-state index contributed by atoms with van der Waals surface area (Å²) < 4.78 is 38.6. The highest BCUT2D eigenvalue weighted by atomic mass is 32.2. The van der Waals surface area contributed by atoms with Gasteiger partial charge in [0.1, 0.15) is 13.2 Å². The fourth-order valence-corrected chi connectivity index (χ4v) is 3.58. The summed E-state index contributed by atoms with van der Waals surface area (Å²) in [6.45, 7) is 5.19. The fourth-order valence-electron chi connectivity index (χ4n) is 2.53. The lowest BCUT2D eigenvalue weighted by atomic mass is 9.99. The lowest BCUT2D eigenvalue weighted by Crippen LogP contribution is -2.16. The molecule has 1 N–H and O–H groups in total. The maximum Gasteiger partial charge on any atom is 0.261 e. The van der Waals surface area contributed by atoms with Crippen molar-refractivity contribution >= 4 is 15.7 Å². The van der Waals surface area contributed by atoms with Crippen molar-refractivity contribution in [3.8, 4) is 11.5 Å². The molecule has 0 bridgehead atoms. The molecule has 0 unspecified atom stereocenters. The third-order valence-electron chi connectivity index (χ3n) is 4.17. The van der Waals surface area contributed by atoms with Gasteiger partial charge in [-0.1, -0.05) is 26.0 Å². The standard InChI is InChI=1S/C18H21NO4S/c1-3-13(2)14-4-7-16(8-5-14)24(20,21)19-15-6-9-17-18(12-15)23-11-10-22-17/h4-9,12-13,19H,3,10-11H2,1-2H3/t13-/m1/s1. The minimum absolute atomic E-state index is 0.240. The van der Waals surface area contributed by atoms with Crippen molar-refractivity contribution in [2.24, 2.45) is 0 Å². The number of ether oxygens (including phenoxy) is 2. The largest absolute Gasteiger partial charge is 0.486 e. The fraction of sp³-hybridized carbons (Fsp3) is 0.333. The SMILES string of the molecule is CC[C@@H](C)c1ccc(S(=O)(=O)Nc2ccc3c(c2)OCCO3)cc1. The zero-order valence-corrected chi connectivity index (χ0v) is 14.6. The van der Waals surface area contributed by atoms with E-state index in [9.17, 15) is 8.42 Å². The average Bonchev–Trinajstić information content (AvgIpc) is 2.60. The lowest BCUT2D eigenvalue weighted by Gasteiger charge is -2.19. The Hall–Kier alpha value is -2.21. The van der Waals surface area contributed by atoms with Crippen LogP contribution in [0.1, 0.15) is 31.7 Å². The Bertz CT molecular complexity index is 815. The Labute approximate surface area is 142 Å². The first-order valence-electron chi connectivity index (χ1n) is 8.02. The van der Waals surface area contributed by atoms with Crippen LogP contribution in [-0.4, -0.2) is 21.6 Å². The summed E-state index contributed by atoms with van der Waals surface area (Å²) in [6, 6.07) is 12.0. The van der Waals surface area contributed by atoms with Gasteiger partial charge in [-0.3, -0.25) is 4.72 Å². The highest BCUT2D eigenvalue weighted by Gasteiger charge is 2.17. The van der Waals surface area contributed by atoms with Crippen LogP contribution in [0.2, 0.25) is 0 Å². The molecule has 0 fully saturated rings. The van der Waals surface area contributed by atoms with Crippen molar-refractivity contribution in [1.82, 2.24) is 0 Å². The second-order valence-corrected chi connectivity index (χ2v) is 7.52. The van der Waals surface area contributed by atoms with Gasteiger partial charge in [-0.2, -0.15) is 0 Å². The number of hydrogen-bond donors (Lipinski definition) is 1. The minimum atomic E-state index is -3.64. The number of nitrogens with one attached hydrogen (secondary N) is 1. The normalized spacial score (nSPS) is 14.9. The molecule has 6 heteroatoms. The molecule has 0 spiro atoms. The molecule has 0 amide bonds. The van der Waals surface area contributed by atoms with Gasteiger partial charge in [-0.05, 0) is 42.2 Å². The summed E-state index contributed by atoms with van der Waals surface area (Å²) in [5, 5.41) is 0. The van der Waals surface area contributed by atoms with Crippen LogP contribution >= 0.6 is 0 Å². The Morgan fingerprint density at radius 3 is 2.38 bits per heavy atom. The van der Waals surface area contributed by atoms with E-state index in [0.717, 1.165) is 12.0 Å². The third kappa shape index (κ3) is 3.48. The van der Waals surface area contributed by atoms with Gasteiger partial charge in [0.15, 0.2) is 11.5 Å². The van der Waals surface area contributed by atoms with Crippen molar-refractivity contribution in [3.05, 3.63) is 48.0 Å². The van der Waals surface area contributed by atoms with Gasteiger partial charge < -0.3 is 9.47 Å². The maximum atomic E-state index is 12.5. The van der Waals surface area contributed by atoms with Crippen molar-refractivity contribution in [3.63, 3.8) is 0 Å². The molecule has 24 heavy (non-hydrogen) atoms. The monoisotopic (exact) mass is 347 g/mol. The van der Waals surface area contributed by atoms with E-state index in [1.807, 2.05) is 12.1 Å². The zero-order valence-electron chi connectivity index (χ0n) is 13.8. The number of fused-ring (bicyclic) bond motifs is 1. The molecule has 0 saturated heterocycles. The van der Waals surface area contributed by atoms with Crippen molar-refractivity contribution < 1.29 is 17.9 Å².